The zero-order valence-electron chi connectivity index (χ0n) is 13.0. The highest BCUT2D eigenvalue weighted by molar-refractivity contribution is 5.70. The van der Waals surface area contributed by atoms with E-state index in [0.717, 1.165) is 15.9 Å². The Hall–Kier alpha value is -2.83. The molecule has 2 aromatic rings. The molecule has 7 nitrogen and oxygen atoms in total. The number of hydrogen-bond acceptors (Lipinski definition) is 4. The van der Waals surface area contributed by atoms with Crippen molar-refractivity contribution in [1.82, 2.24) is 9.55 Å². The van der Waals surface area contributed by atoms with E-state index in [1.807, 2.05) is 12.1 Å². The first kappa shape index (κ1) is 16.5. The summed E-state index contributed by atoms with van der Waals surface area (Å²) in [6.45, 7) is 1.70. The van der Waals surface area contributed by atoms with Crippen LogP contribution in [0.15, 0.2) is 33.9 Å². The second-order valence-electron chi connectivity index (χ2n) is 5.16. The lowest BCUT2D eigenvalue weighted by Crippen LogP contribution is -2.39. The zero-order valence-corrected chi connectivity index (χ0v) is 13.0. The normalized spacial score (nSPS) is 10.5. The summed E-state index contributed by atoms with van der Waals surface area (Å²) in [7, 11) is 1.57. The standard InChI is InChI=1S/C16H18N2O5/c1-10-13(9-14(19)20)15(21)18(16(22)17-10)8-7-11-3-5-12(23-2)6-4-11/h3-6H,7-9H2,1-2H3,(H,17,22)(H,19,20). The van der Waals surface area contributed by atoms with Gasteiger partial charge in [-0.2, -0.15) is 0 Å². The summed E-state index contributed by atoms with van der Waals surface area (Å²) >= 11 is 0. The van der Waals surface area contributed by atoms with Gasteiger partial charge in [-0.25, -0.2) is 4.79 Å². The SMILES string of the molecule is COc1ccc(CCn2c(=O)[nH]c(C)c(CC(=O)O)c2=O)cc1. The van der Waals surface area contributed by atoms with Crippen LogP contribution >= 0.6 is 0 Å². The van der Waals surface area contributed by atoms with Crippen LogP contribution in [0.25, 0.3) is 0 Å². The van der Waals surface area contributed by atoms with Gasteiger partial charge in [-0.3, -0.25) is 14.2 Å². The third-order valence-electron chi connectivity index (χ3n) is 3.61. The van der Waals surface area contributed by atoms with Gasteiger partial charge in [-0.05, 0) is 31.0 Å². The summed E-state index contributed by atoms with van der Waals surface area (Å²) < 4.78 is 6.11. The Morgan fingerprint density at radius 1 is 1.26 bits per heavy atom. The van der Waals surface area contributed by atoms with Gasteiger partial charge in [0.15, 0.2) is 0 Å². The van der Waals surface area contributed by atoms with Crippen molar-refractivity contribution in [3.05, 3.63) is 61.9 Å². The predicted octanol–water partition coefficient (Wildman–Crippen LogP) is 0.723. The molecular formula is C16H18N2O5. The number of nitrogens with one attached hydrogen (secondary N) is 1. The summed E-state index contributed by atoms with van der Waals surface area (Å²) in [5.74, 6) is -0.387. The lowest BCUT2D eigenvalue weighted by atomic mass is 10.1. The van der Waals surface area contributed by atoms with Gasteiger partial charge >= 0.3 is 11.7 Å². The number of nitrogens with zero attached hydrogens (tertiary/aromatic N) is 1. The molecule has 0 aliphatic carbocycles. The number of carboxylic acids is 1. The summed E-state index contributed by atoms with van der Waals surface area (Å²) in [6, 6.07) is 7.30. The van der Waals surface area contributed by atoms with Crippen LogP contribution in [0.4, 0.5) is 0 Å². The fraction of sp³-hybridized carbons (Fsp3) is 0.312. The van der Waals surface area contributed by atoms with Crippen LogP contribution in [-0.4, -0.2) is 27.7 Å². The smallest absolute Gasteiger partial charge is 0.328 e. The number of benzene rings is 1. The molecule has 1 heterocycles. The van der Waals surface area contributed by atoms with Crippen LogP contribution in [0.1, 0.15) is 16.8 Å². The Labute approximate surface area is 132 Å². The second-order valence-corrected chi connectivity index (χ2v) is 5.16. The molecule has 0 aliphatic rings. The number of aliphatic carboxylic acids is 1. The Balaban J connectivity index is 2.26. The summed E-state index contributed by atoms with van der Waals surface area (Å²) in [6.07, 6.45) is 0.0620. The van der Waals surface area contributed by atoms with Crippen molar-refractivity contribution >= 4 is 5.97 Å². The Morgan fingerprint density at radius 3 is 2.48 bits per heavy atom. The molecule has 23 heavy (non-hydrogen) atoms. The average Bonchev–Trinajstić information content (AvgIpc) is 2.51. The number of ether oxygens (including phenoxy) is 1. The first-order valence-electron chi connectivity index (χ1n) is 7.09. The van der Waals surface area contributed by atoms with Crippen molar-refractivity contribution in [2.75, 3.05) is 7.11 Å². The lowest BCUT2D eigenvalue weighted by molar-refractivity contribution is -0.136. The largest absolute Gasteiger partial charge is 0.497 e. The van der Waals surface area contributed by atoms with Gasteiger partial charge < -0.3 is 14.8 Å². The molecule has 2 rings (SSSR count). The Kier molecular flexibility index (Phi) is 5.00. The number of aromatic amines is 1. The highest BCUT2D eigenvalue weighted by Crippen LogP contribution is 2.11. The van der Waals surface area contributed by atoms with Crippen molar-refractivity contribution in [2.24, 2.45) is 0 Å². The van der Waals surface area contributed by atoms with E-state index in [-0.39, 0.29) is 12.1 Å². The molecule has 0 amide bonds. The molecule has 2 N–H and O–H groups in total. The molecule has 0 atom stereocenters. The molecule has 0 aliphatic heterocycles. The molecule has 0 saturated heterocycles. The van der Waals surface area contributed by atoms with Crippen molar-refractivity contribution in [1.29, 1.82) is 0 Å². The summed E-state index contributed by atoms with van der Waals surface area (Å²) in [4.78, 5) is 37.7. The number of hydrogen-bond donors (Lipinski definition) is 2. The third kappa shape index (κ3) is 3.88. The van der Waals surface area contributed by atoms with Crippen LogP contribution in [0.5, 0.6) is 5.75 Å². The number of aromatic nitrogens is 2. The molecule has 0 fully saturated rings. The minimum absolute atomic E-state index is 0.104. The fourth-order valence-electron chi connectivity index (χ4n) is 2.31. The van der Waals surface area contributed by atoms with Crippen molar-refractivity contribution in [3.8, 4) is 5.75 Å². The quantitative estimate of drug-likeness (QED) is 0.817. The van der Waals surface area contributed by atoms with Gasteiger partial charge in [-0.15, -0.1) is 0 Å². The van der Waals surface area contributed by atoms with E-state index < -0.39 is 23.6 Å². The van der Waals surface area contributed by atoms with Gasteiger partial charge in [0.05, 0.1) is 13.5 Å². The van der Waals surface area contributed by atoms with E-state index in [2.05, 4.69) is 4.98 Å². The number of aryl methyl sites for hydroxylation is 2. The maximum atomic E-state index is 12.3. The minimum atomic E-state index is -1.11. The molecule has 0 spiro atoms. The molecule has 7 heteroatoms. The third-order valence-corrected chi connectivity index (χ3v) is 3.61. The number of methoxy groups -OCH3 is 1. The highest BCUT2D eigenvalue weighted by atomic mass is 16.5. The molecule has 0 unspecified atom stereocenters. The van der Waals surface area contributed by atoms with Crippen LogP contribution in [0.2, 0.25) is 0 Å². The van der Waals surface area contributed by atoms with E-state index in [9.17, 15) is 14.4 Å². The van der Waals surface area contributed by atoms with Crippen LogP contribution in [0, 0.1) is 6.92 Å². The highest BCUT2D eigenvalue weighted by Gasteiger charge is 2.14. The molecule has 0 bridgehead atoms. The molecule has 0 radical (unpaired) electrons. The van der Waals surface area contributed by atoms with E-state index in [4.69, 9.17) is 9.84 Å². The van der Waals surface area contributed by atoms with Crippen molar-refractivity contribution < 1.29 is 14.6 Å². The summed E-state index contributed by atoms with van der Waals surface area (Å²) in [5, 5.41) is 8.88. The maximum Gasteiger partial charge on any atom is 0.328 e. The number of carbonyl (C=O) groups is 1. The summed E-state index contributed by atoms with van der Waals surface area (Å²) in [5.41, 5.74) is 0.254. The number of rotatable bonds is 6. The van der Waals surface area contributed by atoms with Crippen molar-refractivity contribution in [2.45, 2.75) is 26.3 Å². The average molecular weight is 318 g/mol. The number of H-pyrrole nitrogens is 1. The van der Waals surface area contributed by atoms with E-state index in [0.29, 0.717) is 12.1 Å². The molecule has 1 aromatic heterocycles. The topological polar surface area (TPSA) is 101 Å². The van der Waals surface area contributed by atoms with Crippen molar-refractivity contribution in [3.63, 3.8) is 0 Å². The van der Waals surface area contributed by atoms with Gasteiger partial charge in [0.25, 0.3) is 5.56 Å². The van der Waals surface area contributed by atoms with Crippen LogP contribution in [-0.2, 0) is 24.2 Å². The first-order valence-corrected chi connectivity index (χ1v) is 7.09. The molecule has 122 valence electrons. The van der Waals surface area contributed by atoms with Gasteiger partial charge in [-0.1, -0.05) is 12.1 Å². The number of carboxylic acid groups (broad SMARTS) is 1. The zero-order chi connectivity index (χ0) is 17.0. The first-order chi connectivity index (χ1) is 10.9. The van der Waals surface area contributed by atoms with Gasteiger partial charge in [0.2, 0.25) is 0 Å². The maximum absolute atomic E-state index is 12.3. The van der Waals surface area contributed by atoms with E-state index in [1.54, 1.807) is 19.2 Å². The monoisotopic (exact) mass is 318 g/mol. The predicted molar refractivity (Wildman–Crippen MR) is 84.1 cm³/mol. The molecule has 1 aromatic carbocycles. The van der Waals surface area contributed by atoms with Crippen LogP contribution in [0.3, 0.4) is 0 Å². The fourth-order valence-corrected chi connectivity index (χ4v) is 2.31. The van der Waals surface area contributed by atoms with E-state index in [1.165, 1.54) is 6.92 Å². The second kappa shape index (κ2) is 6.95. The molecule has 0 saturated carbocycles. The Bertz CT molecular complexity index is 818. The Morgan fingerprint density at radius 2 is 1.91 bits per heavy atom. The van der Waals surface area contributed by atoms with Gasteiger partial charge in [0.1, 0.15) is 5.75 Å². The van der Waals surface area contributed by atoms with Crippen LogP contribution < -0.4 is 16.0 Å². The van der Waals surface area contributed by atoms with Gasteiger partial charge in [0, 0.05) is 17.8 Å². The van der Waals surface area contributed by atoms with E-state index >= 15 is 0 Å². The minimum Gasteiger partial charge on any atom is -0.497 e. The lowest BCUT2D eigenvalue weighted by Gasteiger charge is -2.09. The molecular weight excluding hydrogens is 300 g/mol.